The summed E-state index contributed by atoms with van der Waals surface area (Å²) in [5, 5.41) is 11.7. The number of hydrogen-bond acceptors (Lipinski definition) is 4. The Balaban J connectivity index is 2.75. The van der Waals surface area contributed by atoms with Crippen molar-refractivity contribution in [3.05, 3.63) is 28.8 Å². The number of nitrogens with zero attached hydrogens (tertiary/aromatic N) is 1. The van der Waals surface area contributed by atoms with E-state index in [1.807, 2.05) is 6.92 Å². The summed E-state index contributed by atoms with van der Waals surface area (Å²) in [5.41, 5.74) is 5.94. The van der Waals surface area contributed by atoms with E-state index in [0.29, 0.717) is 22.9 Å². The zero-order chi connectivity index (χ0) is 12.0. The van der Waals surface area contributed by atoms with Crippen molar-refractivity contribution in [2.45, 2.75) is 6.92 Å². The molecule has 3 N–H and O–H groups in total. The molecule has 1 aromatic carbocycles. The van der Waals surface area contributed by atoms with Crippen molar-refractivity contribution >= 4 is 17.4 Å². The lowest BCUT2D eigenvalue weighted by Crippen LogP contribution is -2.13. The first-order valence-corrected chi connectivity index (χ1v) is 5.04. The number of ether oxygens (including phenoxy) is 2. The SMILES string of the molecule is CCOCOc1ccc(C(N)=NO)cc1Cl. The van der Waals surface area contributed by atoms with E-state index in [1.165, 1.54) is 0 Å². The molecular weight excluding hydrogens is 232 g/mol. The van der Waals surface area contributed by atoms with Gasteiger partial charge in [-0.2, -0.15) is 0 Å². The second-order valence-electron chi connectivity index (χ2n) is 2.89. The second kappa shape index (κ2) is 6.19. The predicted molar refractivity (Wildman–Crippen MR) is 61.1 cm³/mol. The average molecular weight is 245 g/mol. The molecule has 0 aliphatic rings. The topological polar surface area (TPSA) is 77.1 Å². The summed E-state index contributed by atoms with van der Waals surface area (Å²) in [7, 11) is 0. The van der Waals surface area contributed by atoms with E-state index in [9.17, 15) is 0 Å². The van der Waals surface area contributed by atoms with Gasteiger partial charge < -0.3 is 20.4 Å². The number of benzene rings is 1. The van der Waals surface area contributed by atoms with Gasteiger partial charge >= 0.3 is 0 Å². The monoisotopic (exact) mass is 244 g/mol. The molecule has 0 amide bonds. The average Bonchev–Trinajstić information content (AvgIpc) is 2.30. The van der Waals surface area contributed by atoms with Crippen LogP contribution in [0.15, 0.2) is 23.4 Å². The van der Waals surface area contributed by atoms with E-state index in [1.54, 1.807) is 18.2 Å². The van der Waals surface area contributed by atoms with Crippen LogP contribution in [-0.4, -0.2) is 24.4 Å². The molecule has 0 bridgehead atoms. The third-order valence-electron chi connectivity index (χ3n) is 1.84. The van der Waals surface area contributed by atoms with Gasteiger partial charge in [0.1, 0.15) is 5.75 Å². The summed E-state index contributed by atoms with van der Waals surface area (Å²) in [4.78, 5) is 0. The van der Waals surface area contributed by atoms with Gasteiger partial charge in [-0.1, -0.05) is 16.8 Å². The summed E-state index contributed by atoms with van der Waals surface area (Å²) in [6.45, 7) is 2.57. The molecule has 0 aliphatic carbocycles. The van der Waals surface area contributed by atoms with Gasteiger partial charge in [-0.3, -0.25) is 0 Å². The van der Waals surface area contributed by atoms with Gasteiger partial charge in [0.15, 0.2) is 12.6 Å². The standard InChI is InChI=1S/C10H13ClN2O3/c1-2-15-6-16-9-4-3-7(5-8(9)11)10(12)13-14/h3-5,14H,2,6H2,1H3,(H2,12,13). The van der Waals surface area contributed by atoms with E-state index in [-0.39, 0.29) is 12.6 Å². The first-order valence-electron chi connectivity index (χ1n) is 4.67. The molecule has 1 aromatic rings. The largest absolute Gasteiger partial charge is 0.466 e. The zero-order valence-electron chi connectivity index (χ0n) is 8.81. The first kappa shape index (κ1) is 12.6. The highest BCUT2D eigenvalue weighted by molar-refractivity contribution is 6.32. The zero-order valence-corrected chi connectivity index (χ0v) is 9.57. The number of hydrogen-bond donors (Lipinski definition) is 2. The van der Waals surface area contributed by atoms with Gasteiger partial charge in [0.25, 0.3) is 0 Å². The molecule has 0 saturated heterocycles. The Morgan fingerprint density at radius 1 is 1.56 bits per heavy atom. The van der Waals surface area contributed by atoms with Gasteiger partial charge in [0, 0.05) is 12.2 Å². The lowest BCUT2D eigenvalue weighted by molar-refractivity contribution is 0.0225. The quantitative estimate of drug-likeness (QED) is 0.207. The van der Waals surface area contributed by atoms with Crippen LogP contribution in [0.4, 0.5) is 0 Å². The number of halogens is 1. The molecule has 0 unspecified atom stereocenters. The minimum atomic E-state index is -0.00161. The molecule has 0 radical (unpaired) electrons. The van der Waals surface area contributed by atoms with E-state index in [4.69, 9.17) is 32.0 Å². The maximum Gasteiger partial charge on any atom is 0.189 e. The Bertz CT molecular complexity index is 382. The van der Waals surface area contributed by atoms with Crippen LogP contribution in [0, 0.1) is 0 Å². The van der Waals surface area contributed by atoms with Crippen LogP contribution in [0.1, 0.15) is 12.5 Å². The molecule has 1 rings (SSSR count). The number of oxime groups is 1. The molecule has 0 saturated carbocycles. The van der Waals surface area contributed by atoms with Gasteiger partial charge in [-0.15, -0.1) is 0 Å². The fourth-order valence-electron chi connectivity index (χ4n) is 1.02. The summed E-state index contributed by atoms with van der Waals surface area (Å²) in [6, 6.07) is 4.83. The number of amidine groups is 1. The maximum atomic E-state index is 8.49. The third-order valence-corrected chi connectivity index (χ3v) is 2.13. The minimum Gasteiger partial charge on any atom is -0.466 e. The van der Waals surface area contributed by atoms with Crippen molar-refractivity contribution in [3.8, 4) is 5.75 Å². The smallest absolute Gasteiger partial charge is 0.189 e. The summed E-state index contributed by atoms with van der Waals surface area (Å²) >= 11 is 5.94. The molecule has 5 nitrogen and oxygen atoms in total. The lowest BCUT2D eigenvalue weighted by Gasteiger charge is -2.08. The van der Waals surface area contributed by atoms with Crippen LogP contribution in [0.25, 0.3) is 0 Å². The van der Waals surface area contributed by atoms with Crippen molar-refractivity contribution in [2.75, 3.05) is 13.4 Å². The van der Waals surface area contributed by atoms with Gasteiger partial charge in [0.05, 0.1) is 5.02 Å². The van der Waals surface area contributed by atoms with Crippen molar-refractivity contribution in [1.82, 2.24) is 0 Å². The Kier molecular flexibility index (Phi) is 4.88. The molecule has 0 heterocycles. The summed E-state index contributed by atoms with van der Waals surface area (Å²) in [6.07, 6.45) is 0. The highest BCUT2D eigenvalue weighted by atomic mass is 35.5. The molecule has 0 spiro atoms. The van der Waals surface area contributed by atoms with Crippen LogP contribution in [-0.2, 0) is 4.74 Å². The van der Waals surface area contributed by atoms with E-state index < -0.39 is 0 Å². The van der Waals surface area contributed by atoms with Gasteiger partial charge in [-0.05, 0) is 25.1 Å². The Morgan fingerprint density at radius 2 is 2.31 bits per heavy atom. The first-order chi connectivity index (χ1) is 7.69. The fraction of sp³-hybridized carbons (Fsp3) is 0.300. The summed E-state index contributed by atoms with van der Waals surface area (Å²) < 4.78 is 10.3. The van der Waals surface area contributed by atoms with Crippen LogP contribution in [0.3, 0.4) is 0 Å². The fourth-order valence-corrected chi connectivity index (χ4v) is 1.26. The highest BCUT2D eigenvalue weighted by Gasteiger charge is 2.05. The molecule has 0 aliphatic heterocycles. The van der Waals surface area contributed by atoms with Crippen LogP contribution < -0.4 is 10.5 Å². The molecule has 0 fully saturated rings. The number of rotatable bonds is 5. The molecule has 0 atom stereocenters. The molecular formula is C10H13ClN2O3. The predicted octanol–water partition coefficient (Wildman–Crippen LogP) is 1.81. The number of nitrogens with two attached hydrogens (primary N) is 1. The van der Waals surface area contributed by atoms with Crippen molar-refractivity contribution < 1.29 is 14.7 Å². The molecule has 16 heavy (non-hydrogen) atoms. The Hall–Kier alpha value is -1.46. The lowest BCUT2D eigenvalue weighted by atomic mass is 10.2. The van der Waals surface area contributed by atoms with Gasteiger partial charge in [0.2, 0.25) is 0 Å². The third kappa shape index (κ3) is 3.29. The molecule has 6 heteroatoms. The van der Waals surface area contributed by atoms with E-state index in [0.717, 1.165) is 0 Å². The van der Waals surface area contributed by atoms with Crippen molar-refractivity contribution in [2.24, 2.45) is 10.9 Å². The maximum absolute atomic E-state index is 8.49. The van der Waals surface area contributed by atoms with Crippen LogP contribution in [0.2, 0.25) is 5.02 Å². The van der Waals surface area contributed by atoms with E-state index >= 15 is 0 Å². The van der Waals surface area contributed by atoms with Crippen LogP contribution in [0.5, 0.6) is 5.75 Å². The Labute approximate surface area is 98.4 Å². The minimum absolute atomic E-state index is 0.00161. The van der Waals surface area contributed by atoms with Crippen molar-refractivity contribution in [3.63, 3.8) is 0 Å². The van der Waals surface area contributed by atoms with Gasteiger partial charge in [-0.25, -0.2) is 0 Å². The van der Waals surface area contributed by atoms with Crippen LogP contribution >= 0.6 is 11.6 Å². The summed E-state index contributed by atoms with van der Waals surface area (Å²) in [5.74, 6) is 0.489. The van der Waals surface area contributed by atoms with E-state index in [2.05, 4.69) is 5.16 Å². The second-order valence-corrected chi connectivity index (χ2v) is 3.29. The normalized spacial score (nSPS) is 11.5. The Morgan fingerprint density at radius 3 is 2.88 bits per heavy atom. The van der Waals surface area contributed by atoms with Crippen molar-refractivity contribution in [1.29, 1.82) is 0 Å². The molecule has 88 valence electrons. The molecule has 0 aromatic heterocycles. The highest BCUT2D eigenvalue weighted by Crippen LogP contribution is 2.25.